The number of aryl methyl sites for hydroxylation is 2. The highest BCUT2D eigenvalue weighted by Crippen LogP contribution is 2.36. The fourth-order valence-electron chi connectivity index (χ4n) is 1.75. The van der Waals surface area contributed by atoms with Gasteiger partial charge in [-0.05, 0) is 44.2 Å². The first-order valence-corrected chi connectivity index (χ1v) is 6.31. The van der Waals surface area contributed by atoms with E-state index >= 15 is 0 Å². The molecule has 78 valence electrons. The molecule has 1 aliphatic rings. The zero-order chi connectivity index (χ0) is 10.1. The van der Waals surface area contributed by atoms with E-state index in [-0.39, 0.29) is 6.04 Å². The second-order valence-corrected chi connectivity index (χ2v) is 5.80. The largest absolute Gasteiger partial charge is 0.323 e. The van der Waals surface area contributed by atoms with Gasteiger partial charge in [-0.1, -0.05) is 12.8 Å². The molecule has 1 heterocycles. The highest BCUT2D eigenvalue weighted by Gasteiger charge is 2.22. The Morgan fingerprint density at radius 3 is 2.71 bits per heavy atom. The lowest BCUT2D eigenvalue weighted by molar-refractivity contribution is 0.581. The molecule has 14 heavy (non-hydrogen) atoms. The maximum absolute atomic E-state index is 6.16. The van der Waals surface area contributed by atoms with Crippen molar-refractivity contribution in [2.75, 3.05) is 0 Å². The third-order valence-electron chi connectivity index (χ3n) is 3.13. The van der Waals surface area contributed by atoms with Gasteiger partial charge in [0.2, 0.25) is 0 Å². The zero-order valence-electron chi connectivity index (χ0n) is 9.05. The van der Waals surface area contributed by atoms with Crippen LogP contribution in [0.15, 0.2) is 6.07 Å². The van der Waals surface area contributed by atoms with Crippen molar-refractivity contribution >= 4 is 11.3 Å². The van der Waals surface area contributed by atoms with Gasteiger partial charge in [-0.3, -0.25) is 0 Å². The van der Waals surface area contributed by atoms with E-state index < -0.39 is 0 Å². The monoisotopic (exact) mass is 209 g/mol. The van der Waals surface area contributed by atoms with E-state index in [1.807, 2.05) is 11.3 Å². The average molecular weight is 209 g/mol. The van der Waals surface area contributed by atoms with Gasteiger partial charge in [0.1, 0.15) is 0 Å². The summed E-state index contributed by atoms with van der Waals surface area (Å²) in [5.41, 5.74) is 7.56. The predicted molar refractivity (Wildman–Crippen MR) is 62.7 cm³/mol. The molecule has 1 aromatic rings. The first-order chi connectivity index (χ1) is 6.66. The Balaban J connectivity index is 1.91. The van der Waals surface area contributed by atoms with Gasteiger partial charge in [0.25, 0.3) is 0 Å². The van der Waals surface area contributed by atoms with Crippen LogP contribution < -0.4 is 5.73 Å². The molecule has 1 nitrogen and oxygen atoms in total. The molecule has 0 amide bonds. The molecule has 0 saturated heterocycles. The summed E-state index contributed by atoms with van der Waals surface area (Å²) in [6.45, 7) is 4.35. The van der Waals surface area contributed by atoms with Crippen LogP contribution in [-0.2, 0) is 0 Å². The number of hydrogen-bond donors (Lipinski definition) is 1. The van der Waals surface area contributed by atoms with Crippen LogP contribution in [0.5, 0.6) is 0 Å². The summed E-state index contributed by atoms with van der Waals surface area (Å²) < 4.78 is 0. The minimum absolute atomic E-state index is 0.285. The zero-order valence-corrected chi connectivity index (χ0v) is 9.86. The highest BCUT2D eigenvalue weighted by molar-refractivity contribution is 7.12. The summed E-state index contributed by atoms with van der Waals surface area (Å²) in [5, 5.41) is 0. The maximum atomic E-state index is 6.16. The first kappa shape index (κ1) is 10.2. The Labute approximate surface area is 90.3 Å². The van der Waals surface area contributed by atoms with Crippen LogP contribution in [0.25, 0.3) is 0 Å². The number of rotatable bonds is 4. The van der Waals surface area contributed by atoms with Gasteiger partial charge in [0.05, 0.1) is 0 Å². The van der Waals surface area contributed by atoms with Crippen LogP contribution in [0.3, 0.4) is 0 Å². The molecule has 2 heteroatoms. The summed E-state index contributed by atoms with van der Waals surface area (Å²) in [6, 6.07) is 2.55. The second kappa shape index (κ2) is 4.03. The van der Waals surface area contributed by atoms with E-state index in [1.54, 1.807) is 0 Å². The molecule has 1 atom stereocenters. The van der Waals surface area contributed by atoms with E-state index in [0.29, 0.717) is 0 Å². The minimum Gasteiger partial charge on any atom is -0.323 e. The van der Waals surface area contributed by atoms with Crippen LogP contribution in [0, 0.1) is 19.8 Å². The fourth-order valence-corrected chi connectivity index (χ4v) is 2.83. The topological polar surface area (TPSA) is 26.0 Å². The number of thiophene rings is 1. The van der Waals surface area contributed by atoms with Crippen molar-refractivity contribution in [3.05, 3.63) is 21.4 Å². The van der Waals surface area contributed by atoms with Crippen molar-refractivity contribution in [1.82, 2.24) is 0 Å². The van der Waals surface area contributed by atoms with E-state index in [2.05, 4.69) is 19.9 Å². The number of hydrogen-bond acceptors (Lipinski definition) is 2. The molecule has 0 aromatic carbocycles. The Hall–Kier alpha value is -0.340. The Kier molecular flexibility index (Phi) is 2.93. The third kappa shape index (κ3) is 2.37. The van der Waals surface area contributed by atoms with Crippen LogP contribution in [0.4, 0.5) is 0 Å². The lowest BCUT2D eigenvalue weighted by Crippen LogP contribution is -2.08. The molecule has 0 radical (unpaired) electrons. The van der Waals surface area contributed by atoms with Gasteiger partial charge in [-0.15, -0.1) is 11.3 Å². The van der Waals surface area contributed by atoms with Gasteiger partial charge < -0.3 is 5.73 Å². The fraction of sp³-hybridized carbons (Fsp3) is 0.667. The van der Waals surface area contributed by atoms with E-state index in [1.165, 1.54) is 41.0 Å². The average Bonchev–Trinajstić information content (AvgIpc) is 2.91. The molecule has 0 bridgehead atoms. The second-order valence-electron chi connectivity index (χ2n) is 4.52. The normalized spacial score (nSPS) is 18.5. The van der Waals surface area contributed by atoms with Gasteiger partial charge >= 0.3 is 0 Å². The predicted octanol–water partition coefficient (Wildman–Crippen LogP) is 3.55. The third-order valence-corrected chi connectivity index (χ3v) is 4.42. The maximum Gasteiger partial charge on any atom is 0.0390 e. The first-order valence-electron chi connectivity index (χ1n) is 5.49. The summed E-state index contributed by atoms with van der Waals surface area (Å²) in [6.07, 6.45) is 5.38. The molecule has 0 aliphatic heterocycles. The van der Waals surface area contributed by atoms with Crippen LogP contribution in [-0.4, -0.2) is 0 Å². The van der Waals surface area contributed by atoms with Gasteiger partial charge in [0, 0.05) is 15.8 Å². The van der Waals surface area contributed by atoms with Crippen molar-refractivity contribution in [2.45, 2.75) is 45.6 Å². The van der Waals surface area contributed by atoms with E-state index in [9.17, 15) is 0 Å². The van der Waals surface area contributed by atoms with E-state index in [4.69, 9.17) is 5.73 Å². The standard InChI is InChI=1S/C12H19NS/c1-8-7-12(14-9(8)2)11(13)6-5-10-3-4-10/h7,10-11H,3-6,13H2,1-2H3. The van der Waals surface area contributed by atoms with Crippen LogP contribution in [0.2, 0.25) is 0 Å². The Morgan fingerprint density at radius 1 is 1.50 bits per heavy atom. The smallest absolute Gasteiger partial charge is 0.0390 e. The van der Waals surface area contributed by atoms with Gasteiger partial charge in [0.15, 0.2) is 0 Å². The molecule has 2 N–H and O–H groups in total. The molecular weight excluding hydrogens is 190 g/mol. The van der Waals surface area contributed by atoms with Crippen LogP contribution >= 0.6 is 11.3 Å². The molecule has 0 spiro atoms. The molecule has 1 fully saturated rings. The number of nitrogens with two attached hydrogens (primary N) is 1. The molecule has 1 aliphatic carbocycles. The molecule has 1 unspecified atom stereocenters. The summed E-state index contributed by atoms with van der Waals surface area (Å²) in [5.74, 6) is 1.00. The van der Waals surface area contributed by atoms with Gasteiger partial charge in [-0.25, -0.2) is 0 Å². The summed E-state index contributed by atoms with van der Waals surface area (Å²) >= 11 is 1.87. The van der Waals surface area contributed by atoms with Crippen molar-refractivity contribution in [3.8, 4) is 0 Å². The van der Waals surface area contributed by atoms with Crippen molar-refractivity contribution < 1.29 is 0 Å². The molecule has 1 saturated carbocycles. The minimum atomic E-state index is 0.285. The highest BCUT2D eigenvalue weighted by atomic mass is 32.1. The molecule has 1 aromatic heterocycles. The molecular formula is C12H19NS. The van der Waals surface area contributed by atoms with Crippen molar-refractivity contribution in [1.29, 1.82) is 0 Å². The van der Waals surface area contributed by atoms with Crippen molar-refractivity contribution in [3.63, 3.8) is 0 Å². The Bertz CT molecular complexity index is 293. The lowest BCUT2D eigenvalue weighted by atomic mass is 10.1. The summed E-state index contributed by atoms with van der Waals surface area (Å²) in [7, 11) is 0. The lowest BCUT2D eigenvalue weighted by Gasteiger charge is -2.08. The molecule has 2 rings (SSSR count). The SMILES string of the molecule is Cc1cc(C(N)CCC2CC2)sc1C. The summed E-state index contributed by atoms with van der Waals surface area (Å²) in [4.78, 5) is 2.79. The quantitative estimate of drug-likeness (QED) is 0.806. The van der Waals surface area contributed by atoms with Crippen LogP contribution in [0.1, 0.15) is 47.0 Å². The van der Waals surface area contributed by atoms with E-state index in [0.717, 1.165) is 5.92 Å². The Morgan fingerprint density at radius 2 is 2.21 bits per heavy atom. The van der Waals surface area contributed by atoms with Gasteiger partial charge in [-0.2, -0.15) is 0 Å². The van der Waals surface area contributed by atoms with Crippen molar-refractivity contribution in [2.24, 2.45) is 11.7 Å².